The Morgan fingerprint density at radius 2 is 1.81 bits per heavy atom. The second-order valence-corrected chi connectivity index (χ2v) is 6.37. The van der Waals surface area contributed by atoms with Crippen LogP contribution in [-0.4, -0.2) is 30.3 Å². The zero-order valence-corrected chi connectivity index (χ0v) is 14.6. The maximum Gasteiger partial charge on any atom is 0.269 e. The van der Waals surface area contributed by atoms with Gasteiger partial charge in [-0.3, -0.25) is 15.2 Å². The highest BCUT2D eigenvalue weighted by molar-refractivity contribution is 7.98. The molecular weight excluding hydrogens is 368 g/mol. The summed E-state index contributed by atoms with van der Waals surface area (Å²) >= 11 is 1.36. The van der Waals surface area contributed by atoms with E-state index in [1.807, 2.05) is 30.3 Å². The molecule has 0 aliphatic heterocycles. The number of nitro benzene ring substituents is 1. The van der Waals surface area contributed by atoms with E-state index < -0.39 is 4.92 Å². The minimum Gasteiger partial charge on any atom is -0.420 e. The monoisotopic (exact) mass is 380 g/mol. The van der Waals surface area contributed by atoms with Crippen LogP contribution in [0, 0.1) is 10.1 Å². The van der Waals surface area contributed by atoms with Crippen LogP contribution >= 0.6 is 11.8 Å². The fourth-order valence-corrected chi connectivity index (χ4v) is 2.95. The Labute approximate surface area is 157 Å². The number of rotatable bonds is 6. The molecule has 0 unspecified atom stereocenters. The van der Waals surface area contributed by atoms with Crippen LogP contribution in [0.15, 0.2) is 64.2 Å². The van der Waals surface area contributed by atoms with Gasteiger partial charge >= 0.3 is 0 Å². The van der Waals surface area contributed by atoms with Crippen LogP contribution in [0.25, 0.3) is 22.8 Å². The van der Waals surface area contributed by atoms with Gasteiger partial charge < -0.3 is 4.42 Å². The molecule has 134 valence electrons. The quantitative estimate of drug-likeness (QED) is 0.305. The average molecular weight is 380 g/mol. The van der Waals surface area contributed by atoms with Crippen LogP contribution in [0.2, 0.25) is 0 Å². The number of nitro groups is 1. The molecule has 0 aliphatic rings. The summed E-state index contributed by atoms with van der Waals surface area (Å²) in [4.78, 5) is 14.7. The first kappa shape index (κ1) is 16.9. The summed E-state index contributed by atoms with van der Waals surface area (Å²) in [6.07, 6.45) is 0. The minimum absolute atomic E-state index is 0.00729. The number of aromatic nitrogens is 5. The molecule has 0 radical (unpaired) electrons. The van der Waals surface area contributed by atoms with Gasteiger partial charge in [-0.2, -0.15) is 0 Å². The van der Waals surface area contributed by atoms with E-state index in [0.717, 1.165) is 5.56 Å². The zero-order chi connectivity index (χ0) is 18.6. The third kappa shape index (κ3) is 3.85. The first-order valence-corrected chi connectivity index (χ1v) is 8.85. The summed E-state index contributed by atoms with van der Waals surface area (Å²) < 4.78 is 5.60. The van der Waals surface area contributed by atoms with Crippen LogP contribution < -0.4 is 0 Å². The Balaban J connectivity index is 1.41. The molecule has 4 rings (SSSR count). The van der Waals surface area contributed by atoms with E-state index >= 15 is 0 Å². The molecule has 0 fully saturated rings. The van der Waals surface area contributed by atoms with Gasteiger partial charge in [-0.05, 0) is 12.1 Å². The van der Waals surface area contributed by atoms with Crippen molar-refractivity contribution >= 4 is 17.4 Å². The van der Waals surface area contributed by atoms with Gasteiger partial charge in [0.2, 0.25) is 16.9 Å². The molecule has 2 heterocycles. The van der Waals surface area contributed by atoms with Crippen LogP contribution in [0.4, 0.5) is 5.69 Å². The zero-order valence-electron chi connectivity index (χ0n) is 13.8. The summed E-state index contributed by atoms with van der Waals surface area (Å²) in [5.74, 6) is 1.82. The van der Waals surface area contributed by atoms with E-state index in [9.17, 15) is 10.1 Å². The lowest BCUT2D eigenvalue weighted by Gasteiger charge is -1.95. The molecule has 2 aromatic heterocycles. The lowest BCUT2D eigenvalue weighted by molar-refractivity contribution is -0.384. The van der Waals surface area contributed by atoms with Crippen molar-refractivity contribution in [2.75, 3.05) is 0 Å². The van der Waals surface area contributed by atoms with E-state index in [1.54, 1.807) is 12.1 Å². The van der Waals surface area contributed by atoms with E-state index in [1.165, 1.54) is 23.9 Å². The first-order valence-electron chi connectivity index (χ1n) is 7.87. The molecule has 2 aromatic carbocycles. The standard InChI is InChI=1S/C17H12N6O3S/c24-23(25)13-8-6-12(7-9-13)16-21-19-14(26-16)10-27-17-18-15(20-22-17)11-4-2-1-3-5-11/h1-9H,10H2,(H,18,20,22). The number of nitrogens with one attached hydrogen (secondary N) is 1. The molecule has 10 heteroatoms. The Bertz CT molecular complexity index is 1060. The number of hydrogen-bond acceptors (Lipinski definition) is 8. The topological polar surface area (TPSA) is 124 Å². The molecule has 0 amide bonds. The van der Waals surface area contributed by atoms with Crippen molar-refractivity contribution in [3.8, 4) is 22.8 Å². The first-order chi connectivity index (χ1) is 13.2. The summed E-state index contributed by atoms with van der Waals surface area (Å²) in [7, 11) is 0. The highest BCUT2D eigenvalue weighted by Crippen LogP contribution is 2.25. The van der Waals surface area contributed by atoms with Gasteiger partial charge in [0.25, 0.3) is 5.69 Å². The predicted molar refractivity (Wildman–Crippen MR) is 97.8 cm³/mol. The number of H-pyrrole nitrogens is 1. The van der Waals surface area contributed by atoms with E-state index in [4.69, 9.17) is 4.42 Å². The lowest BCUT2D eigenvalue weighted by Crippen LogP contribution is -1.87. The van der Waals surface area contributed by atoms with Crippen molar-refractivity contribution in [1.29, 1.82) is 0 Å². The fraction of sp³-hybridized carbons (Fsp3) is 0.0588. The number of aromatic amines is 1. The number of hydrogen-bond donors (Lipinski definition) is 1. The molecular formula is C17H12N6O3S. The van der Waals surface area contributed by atoms with Crippen LogP contribution in [0.1, 0.15) is 5.89 Å². The van der Waals surface area contributed by atoms with Gasteiger partial charge in [0.15, 0.2) is 5.82 Å². The highest BCUT2D eigenvalue weighted by Gasteiger charge is 2.13. The molecule has 9 nitrogen and oxygen atoms in total. The van der Waals surface area contributed by atoms with E-state index in [0.29, 0.717) is 34.1 Å². The van der Waals surface area contributed by atoms with Gasteiger partial charge in [-0.15, -0.1) is 15.3 Å². The molecule has 4 aromatic rings. The highest BCUT2D eigenvalue weighted by atomic mass is 32.2. The molecule has 0 saturated carbocycles. The smallest absolute Gasteiger partial charge is 0.269 e. The van der Waals surface area contributed by atoms with Crippen LogP contribution in [-0.2, 0) is 5.75 Å². The van der Waals surface area contributed by atoms with Crippen molar-refractivity contribution in [1.82, 2.24) is 25.4 Å². The third-order valence-electron chi connectivity index (χ3n) is 3.63. The van der Waals surface area contributed by atoms with Gasteiger partial charge in [-0.25, -0.2) is 4.98 Å². The second-order valence-electron chi connectivity index (χ2n) is 5.43. The Hall–Kier alpha value is -3.53. The van der Waals surface area contributed by atoms with Gasteiger partial charge in [0, 0.05) is 23.3 Å². The maximum absolute atomic E-state index is 10.7. The van der Waals surface area contributed by atoms with Crippen LogP contribution in [0.5, 0.6) is 0 Å². The lowest BCUT2D eigenvalue weighted by atomic mass is 10.2. The molecule has 27 heavy (non-hydrogen) atoms. The fourth-order valence-electron chi connectivity index (χ4n) is 2.32. The summed E-state index contributed by atoms with van der Waals surface area (Å²) in [6, 6.07) is 15.6. The number of benzene rings is 2. The normalized spacial score (nSPS) is 10.8. The molecule has 0 spiro atoms. The van der Waals surface area contributed by atoms with Gasteiger partial charge in [-0.1, -0.05) is 42.1 Å². The van der Waals surface area contributed by atoms with E-state index in [-0.39, 0.29) is 5.69 Å². The maximum atomic E-state index is 10.7. The number of nitrogens with zero attached hydrogens (tertiary/aromatic N) is 5. The van der Waals surface area contributed by atoms with Crippen molar-refractivity contribution in [3.63, 3.8) is 0 Å². The van der Waals surface area contributed by atoms with Crippen molar-refractivity contribution in [2.24, 2.45) is 0 Å². The second kappa shape index (κ2) is 7.38. The Morgan fingerprint density at radius 3 is 2.56 bits per heavy atom. The summed E-state index contributed by atoms with van der Waals surface area (Å²) in [6.45, 7) is 0. The minimum atomic E-state index is -0.458. The SMILES string of the molecule is O=[N+]([O-])c1ccc(-c2nnc(CSc3n[nH]c(-c4ccccc4)n3)o2)cc1. The van der Waals surface area contributed by atoms with E-state index in [2.05, 4.69) is 25.4 Å². The Morgan fingerprint density at radius 1 is 1.04 bits per heavy atom. The number of non-ortho nitro benzene ring substituents is 1. The summed E-state index contributed by atoms with van der Waals surface area (Å²) in [5.41, 5.74) is 1.58. The predicted octanol–water partition coefficient (Wildman–Crippen LogP) is 3.72. The Kier molecular flexibility index (Phi) is 4.62. The van der Waals surface area contributed by atoms with Crippen LogP contribution in [0.3, 0.4) is 0 Å². The summed E-state index contributed by atoms with van der Waals surface area (Å²) in [5, 5.41) is 26.3. The van der Waals surface area contributed by atoms with Crippen molar-refractivity contribution in [3.05, 3.63) is 70.6 Å². The van der Waals surface area contributed by atoms with Crippen molar-refractivity contribution < 1.29 is 9.34 Å². The van der Waals surface area contributed by atoms with Gasteiger partial charge in [0.05, 0.1) is 10.7 Å². The third-order valence-corrected chi connectivity index (χ3v) is 4.46. The molecule has 1 N–H and O–H groups in total. The molecule has 0 saturated heterocycles. The molecule has 0 bridgehead atoms. The van der Waals surface area contributed by atoms with Crippen molar-refractivity contribution in [2.45, 2.75) is 10.9 Å². The molecule has 0 atom stereocenters. The largest absolute Gasteiger partial charge is 0.420 e. The molecule has 0 aliphatic carbocycles. The number of thioether (sulfide) groups is 1. The average Bonchev–Trinajstić information content (AvgIpc) is 3.37. The van der Waals surface area contributed by atoms with Gasteiger partial charge in [0.1, 0.15) is 0 Å².